The Labute approximate surface area is 100 Å². The Hall–Kier alpha value is -1.19. The predicted molar refractivity (Wildman–Crippen MR) is 59.5 cm³/mol. The number of phenolic OH excluding ortho intramolecular Hbond substituents is 1. The zero-order valence-corrected chi connectivity index (χ0v) is 10.1. The van der Waals surface area contributed by atoms with Crippen LogP contribution in [0.4, 0.5) is 4.39 Å². The number of phenols is 1. The number of benzene rings is 1. The molecule has 2 rings (SSSR count). The summed E-state index contributed by atoms with van der Waals surface area (Å²) in [6.07, 6.45) is 2.75. The van der Waals surface area contributed by atoms with Gasteiger partial charge in [0.2, 0.25) is 6.08 Å². The maximum absolute atomic E-state index is 13.5. The normalized spacial score (nSPS) is 16.7. The van der Waals surface area contributed by atoms with Crippen LogP contribution < -0.4 is 0 Å². The monoisotopic (exact) mass is 285 g/mol. The SMILES string of the molecule is Cc1c(F)cc(Br)c(O)c1C1(N=C=O)CC1. The number of carbonyl (C=O) groups excluding carboxylic acids is 1. The molecule has 3 nitrogen and oxygen atoms in total. The number of aromatic hydroxyl groups is 1. The molecule has 1 aliphatic rings. The molecule has 0 amide bonds. The largest absolute Gasteiger partial charge is 0.506 e. The lowest BCUT2D eigenvalue weighted by Gasteiger charge is -2.15. The first-order valence-electron chi connectivity index (χ1n) is 4.79. The Morgan fingerprint density at radius 3 is 2.75 bits per heavy atom. The molecule has 1 aromatic carbocycles. The van der Waals surface area contributed by atoms with Gasteiger partial charge < -0.3 is 5.11 Å². The number of isocyanates is 1. The van der Waals surface area contributed by atoms with Gasteiger partial charge in [-0.2, -0.15) is 4.99 Å². The van der Waals surface area contributed by atoms with Crippen molar-refractivity contribution in [1.82, 2.24) is 0 Å². The van der Waals surface area contributed by atoms with Gasteiger partial charge in [0.05, 0.1) is 4.47 Å². The van der Waals surface area contributed by atoms with E-state index in [1.165, 1.54) is 12.1 Å². The third-order valence-corrected chi connectivity index (χ3v) is 3.50. The van der Waals surface area contributed by atoms with Gasteiger partial charge in [0.25, 0.3) is 0 Å². The molecule has 16 heavy (non-hydrogen) atoms. The summed E-state index contributed by atoms with van der Waals surface area (Å²) >= 11 is 3.07. The number of hydrogen-bond acceptors (Lipinski definition) is 3. The van der Waals surface area contributed by atoms with Crippen molar-refractivity contribution in [2.75, 3.05) is 0 Å². The van der Waals surface area contributed by atoms with E-state index in [9.17, 15) is 14.3 Å². The molecular weight excluding hydrogens is 277 g/mol. The first kappa shape index (κ1) is 11.3. The maximum atomic E-state index is 13.5. The predicted octanol–water partition coefficient (Wildman–Crippen LogP) is 2.93. The molecule has 1 aliphatic carbocycles. The van der Waals surface area contributed by atoms with Crippen molar-refractivity contribution < 1.29 is 14.3 Å². The van der Waals surface area contributed by atoms with Crippen LogP contribution >= 0.6 is 15.9 Å². The zero-order valence-electron chi connectivity index (χ0n) is 8.55. The first-order valence-corrected chi connectivity index (χ1v) is 5.58. The van der Waals surface area contributed by atoms with Crippen molar-refractivity contribution in [1.29, 1.82) is 0 Å². The second-order valence-corrected chi connectivity index (χ2v) is 4.78. The summed E-state index contributed by atoms with van der Waals surface area (Å²) in [5.74, 6) is -0.470. The maximum Gasteiger partial charge on any atom is 0.235 e. The van der Waals surface area contributed by atoms with Gasteiger partial charge in [0.15, 0.2) is 0 Å². The quantitative estimate of drug-likeness (QED) is 0.671. The highest BCUT2D eigenvalue weighted by molar-refractivity contribution is 9.10. The molecule has 1 N–H and O–H groups in total. The van der Waals surface area contributed by atoms with Crippen LogP contribution in [0.15, 0.2) is 15.5 Å². The molecule has 0 aromatic heterocycles. The van der Waals surface area contributed by atoms with Gasteiger partial charge in [-0.15, -0.1) is 0 Å². The summed E-state index contributed by atoms with van der Waals surface area (Å²) < 4.78 is 13.8. The number of hydrogen-bond donors (Lipinski definition) is 1. The number of rotatable bonds is 2. The van der Waals surface area contributed by atoms with Crippen molar-refractivity contribution in [2.24, 2.45) is 4.99 Å². The lowest BCUT2D eigenvalue weighted by molar-refractivity contribution is 0.450. The third kappa shape index (κ3) is 1.56. The highest BCUT2D eigenvalue weighted by Gasteiger charge is 2.48. The van der Waals surface area contributed by atoms with Crippen molar-refractivity contribution in [3.05, 3.63) is 27.5 Å². The number of halogens is 2. The molecule has 0 aliphatic heterocycles. The average Bonchev–Trinajstić information content (AvgIpc) is 2.97. The van der Waals surface area contributed by atoms with Gasteiger partial charge in [0.1, 0.15) is 17.1 Å². The lowest BCUT2D eigenvalue weighted by atomic mass is 9.98. The summed E-state index contributed by atoms with van der Waals surface area (Å²) in [5.41, 5.74) is -0.0412. The summed E-state index contributed by atoms with van der Waals surface area (Å²) in [5, 5.41) is 9.90. The van der Waals surface area contributed by atoms with Crippen LogP contribution in [0.5, 0.6) is 5.75 Å². The summed E-state index contributed by atoms with van der Waals surface area (Å²) in [4.78, 5) is 14.0. The minimum Gasteiger partial charge on any atom is -0.506 e. The highest BCUT2D eigenvalue weighted by atomic mass is 79.9. The number of aliphatic imine (C=N–C) groups is 1. The van der Waals surface area contributed by atoms with E-state index in [1.54, 1.807) is 6.92 Å². The molecule has 1 fully saturated rings. The van der Waals surface area contributed by atoms with Crippen LogP contribution in [0.3, 0.4) is 0 Å². The Morgan fingerprint density at radius 2 is 2.25 bits per heavy atom. The molecule has 0 spiro atoms. The van der Waals surface area contributed by atoms with E-state index >= 15 is 0 Å². The standard InChI is InChI=1S/C11H9BrFNO2/c1-6-8(13)4-7(12)10(16)9(6)11(2-3-11)14-5-15/h4,16H,2-3H2,1H3. The molecule has 1 aromatic rings. The molecule has 0 heterocycles. The van der Waals surface area contributed by atoms with E-state index < -0.39 is 11.4 Å². The van der Waals surface area contributed by atoms with Gasteiger partial charge >= 0.3 is 0 Å². The molecule has 0 saturated heterocycles. The Bertz CT molecular complexity index is 479. The first-order chi connectivity index (χ1) is 7.52. The Morgan fingerprint density at radius 1 is 1.62 bits per heavy atom. The van der Waals surface area contributed by atoms with E-state index in [-0.39, 0.29) is 10.2 Å². The van der Waals surface area contributed by atoms with Crippen LogP contribution in [0.1, 0.15) is 24.0 Å². The van der Waals surface area contributed by atoms with E-state index in [0.717, 1.165) is 0 Å². The fourth-order valence-electron chi connectivity index (χ4n) is 1.90. The van der Waals surface area contributed by atoms with Gasteiger partial charge in [0, 0.05) is 5.56 Å². The van der Waals surface area contributed by atoms with Crippen molar-refractivity contribution in [3.8, 4) is 5.75 Å². The smallest absolute Gasteiger partial charge is 0.235 e. The minimum absolute atomic E-state index is 0.0459. The van der Waals surface area contributed by atoms with Gasteiger partial charge in [-0.25, -0.2) is 9.18 Å². The van der Waals surface area contributed by atoms with Crippen molar-refractivity contribution in [3.63, 3.8) is 0 Å². The van der Waals surface area contributed by atoms with Crippen LogP contribution in [-0.2, 0) is 10.3 Å². The third-order valence-electron chi connectivity index (χ3n) is 2.90. The molecule has 84 valence electrons. The van der Waals surface area contributed by atoms with Crippen LogP contribution in [0, 0.1) is 12.7 Å². The number of nitrogens with zero attached hydrogens (tertiary/aromatic N) is 1. The van der Waals surface area contributed by atoms with Crippen LogP contribution in [0.25, 0.3) is 0 Å². The van der Waals surface area contributed by atoms with Gasteiger partial charge in [-0.05, 0) is 47.3 Å². The lowest BCUT2D eigenvalue weighted by Crippen LogP contribution is -2.07. The molecule has 0 bridgehead atoms. The van der Waals surface area contributed by atoms with Crippen LogP contribution in [-0.4, -0.2) is 11.2 Å². The molecule has 1 saturated carbocycles. The van der Waals surface area contributed by atoms with Gasteiger partial charge in [-0.3, -0.25) is 0 Å². The van der Waals surface area contributed by atoms with Gasteiger partial charge in [-0.1, -0.05) is 0 Å². The molecule has 0 atom stereocenters. The average molecular weight is 286 g/mol. The van der Waals surface area contributed by atoms with E-state index in [2.05, 4.69) is 20.9 Å². The van der Waals surface area contributed by atoms with E-state index in [1.807, 2.05) is 0 Å². The molecule has 0 unspecified atom stereocenters. The highest BCUT2D eigenvalue weighted by Crippen LogP contribution is 2.54. The van der Waals surface area contributed by atoms with Crippen molar-refractivity contribution in [2.45, 2.75) is 25.3 Å². The Balaban J connectivity index is 2.69. The molecule has 5 heteroatoms. The fraction of sp³-hybridized carbons (Fsp3) is 0.364. The molecule has 0 radical (unpaired) electrons. The Kier molecular flexibility index (Phi) is 2.60. The second-order valence-electron chi connectivity index (χ2n) is 3.92. The minimum atomic E-state index is -0.763. The topological polar surface area (TPSA) is 49.7 Å². The molecular formula is C11H9BrFNO2. The fourth-order valence-corrected chi connectivity index (χ4v) is 2.30. The summed E-state index contributed by atoms with van der Waals surface area (Å²) in [6, 6.07) is 1.20. The van der Waals surface area contributed by atoms with Crippen molar-refractivity contribution >= 4 is 22.0 Å². The summed E-state index contributed by atoms with van der Waals surface area (Å²) in [7, 11) is 0. The van der Waals surface area contributed by atoms with E-state index in [4.69, 9.17) is 0 Å². The van der Waals surface area contributed by atoms with E-state index in [0.29, 0.717) is 24.0 Å². The van der Waals surface area contributed by atoms with Crippen LogP contribution in [0.2, 0.25) is 0 Å². The second kappa shape index (κ2) is 3.68. The summed E-state index contributed by atoms with van der Waals surface area (Å²) in [6.45, 7) is 1.57. The zero-order chi connectivity index (χ0) is 11.9.